The maximum atomic E-state index is 10.5. The molecule has 0 aliphatic heterocycles. The molecule has 0 saturated carbocycles. The quantitative estimate of drug-likeness (QED) is 0.823. The molecule has 1 aromatic rings. The summed E-state index contributed by atoms with van der Waals surface area (Å²) in [6.45, 7) is 2.59. The molecule has 1 unspecified atom stereocenters. The fourth-order valence-corrected chi connectivity index (χ4v) is 1.62. The van der Waals surface area contributed by atoms with Crippen LogP contribution < -0.4 is 4.74 Å². The smallest absolute Gasteiger partial charge is 0.304 e. The van der Waals surface area contributed by atoms with E-state index < -0.39 is 5.97 Å². The Morgan fingerprint density at radius 1 is 1.53 bits per heavy atom. The molecule has 94 valence electrons. The van der Waals surface area contributed by atoms with Crippen molar-refractivity contribution in [3.63, 3.8) is 0 Å². The monoisotopic (exact) mass is 237 g/mol. The molecule has 1 rings (SSSR count). The first-order valence-corrected chi connectivity index (χ1v) is 5.60. The first-order valence-electron chi connectivity index (χ1n) is 5.60. The van der Waals surface area contributed by atoms with Crippen molar-refractivity contribution in [1.29, 1.82) is 0 Å². The molecule has 0 heterocycles. The molecule has 0 saturated heterocycles. The van der Waals surface area contributed by atoms with Gasteiger partial charge in [0, 0.05) is 12.6 Å². The number of benzene rings is 1. The summed E-state index contributed by atoms with van der Waals surface area (Å²) < 4.78 is 5.17. The van der Waals surface area contributed by atoms with Crippen molar-refractivity contribution in [2.45, 2.75) is 19.4 Å². The first-order chi connectivity index (χ1) is 8.04. The zero-order chi connectivity index (χ0) is 12.8. The number of nitrogens with zero attached hydrogens (tertiary/aromatic N) is 1. The molecule has 17 heavy (non-hydrogen) atoms. The Morgan fingerprint density at radius 2 is 2.24 bits per heavy atom. The number of hydrogen-bond acceptors (Lipinski definition) is 3. The number of carbonyl (C=O) groups is 1. The molecule has 4 nitrogen and oxygen atoms in total. The Bertz CT molecular complexity index is 379. The fraction of sp³-hybridized carbons (Fsp3) is 0.462. The molecular weight excluding hydrogens is 218 g/mol. The minimum atomic E-state index is -0.769. The number of ether oxygens (including phenoxy) is 1. The van der Waals surface area contributed by atoms with Gasteiger partial charge in [-0.3, -0.25) is 9.69 Å². The molecule has 0 bridgehead atoms. The number of rotatable bonds is 6. The van der Waals surface area contributed by atoms with Crippen LogP contribution in [0, 0.1) is 0 Å². The van der Waals surface area contributed by atoms with Gasteiger partial charge in [0.2, 0.25) is 0 Å². The molecule has 0 aliphatic rings. The normalized spacial score (nSPS) is 12.5. The largest absolute Gasteiger partial charge is 0.497 e. The van der Waals surface area contributed by atoms with Gasteiger partial charge in [0.25, 0.3) is 0 Å². The van der Waals surface area contributed by atoms with Gasteiger partial charge >= 0.3 is 5.97 Å². The zero-order valence-electron chi connectivity index (χ0n) is 10.5. The van der Waals surface area contributed by atoms with E-state index in [1.807, 2.05) is 36.2 Å². The predicted octanol–water partition coefficient (Wildman–Crippen LogP) is 2.16. The lowest BCUT2D eigenvalue weighted by Crippen LogP contribution is -2.25. The molecule has 0 spiro atoms. The van der Waals surface area contributed by atoms with Gasteiger partial charge < -0.3 is 9.84 Å². The number of carboxylic acid groups (broad SMARTS) is 1. The third-order valence-corrected chi connectivity index (χ3v) is 2.92. The summed E-state index contributed by atoms with van der Waals surface area (Å²) in [6.07, 6.45) is 0.158. The summed E-state index contributed by atoms with van der Waals surface area (Å²) in [7, 11) is 3.56. The summed E-state index contributed by atoms with van der Waals surface area (Å²) >= 11 is 0. The lowest BCUT2D eigenvalue weighted by Gasteiger charge is -2.24. The number of methoxy groups -OCH3 is 1. The van der Waals surface area contributed by atoms with E-state index in [9.17, 15) is 4.79 Å². The van der Waals surface area contributed by atoms with E-state index in [-0.39, 0.29) is 12.5 Å². The van der Waals surface area contributed by atoms with Crippen LogP contribution >= 0.6 is 0 Å². The lowest BCUT2D eigenvalue weighted by atomic mass is 10.1. The first kappa shape index (κ1) is 13.5. The topological polar surface area (TPSA) is 49.8 Å². The Labute approximate surface area is 102 Å². The Balaban J connectivity index is 2.66. The lowest BCUT2D eigenvalue weighted by molar-refractivity contribution is -0.137. The maximum Gasteiger partial charge on any atom is 0.304 e. The second-order valence-corrected chi connectivity index (χ2v) is 4.08. The molecule has 0 aromatic heterocycles. The number of hydrogen-bond donors (Lipinski definition) is 1. The average Bonchev–Trinajstić information content (AvgIpc) is 2.35. The highest BCUT2D eigenvalue weighted by Gasteiger charge is 2.13. The van der Waals surface area contributed by atoms with Crippen LogP contribution in [0.15, 0.2) is 24.3 Å². The highest BCUT2D eigenvalue weighted by molar-refractivity contribution is 5.66. The zero-order valence-corrected chi connectivity index (χ0v) is 10.5. The van der Waals surface area contributed by atoms with E-state index in [0.717, 1.165) is 11.3 Å². The van der Waals surface area contributed by atoms with Crippen LogP contribution in [0.4, 0.5) is 0 Å². The van der Waals surface area contributed by atoms with Crippen molar-refractivity contribution in [3.05, 3.63) is 29.8 Å². The minimum Gasteiger partial charge on any atom is -0.497 e. The van der Waals surface area contributed by atoms with Crippen molar-refractivity contribution >= 4 is 5.97 Å². The Kier molecular flexibility index (Phi) is 4.97. The van der Waals surface area contributed by atoms with Crippen LogP contribution in [-0.2, 0) is 4.79 Å². The molecule has 1 atom stereocenters. The SMILES string of the molecule is COc1cccc(C(C)N(C)CCC(=O)O)c1. The fourth-order valence-electron chi connectivity index (χ4n) is 1.62. The summed E-state index contributed by atoms with van der Waals surface area (Å²) in [5, 5.41) is 8.65. The van der Waals surface area contributed by atoms with E-state index in [0.29, 0.717) is 6.54 Å². The van der Waals surface area contributed by atoms with Gasteiger partial charge in [-0.2, -0.15) is 0 Å². The van der Waals surface area contributed by atoms with Crippen LogP contribution in [0.2, 0.25) is 0 Å². The van der Waals surface area contributed by atoms with Crippen LogP contribution in [0.25, 0.3) is 0 Å². The van der Waals surface area contributed by atoms with Crippen molar-refractivity contribution in [3.8, 4) is 5.75 Å². The molecule has 0 aliphatic carbocycles. The van der Waals surface area contributed by atoms with Gasteiger partial charge in [-0.1, -0.05) is 12.1 Å². The predicted molar refractivity (Wildman–Crippen MR) is 66.3 cm³/mol. The van der Waals surface area contributed by atoms with Gasteiger partial charge in [0.05, 0.1) is 13.5 Å². The van der Waals surface area contributed by atoms with E-state index in [2.05, 4.69) is 6.92 Å². The van der Waals surface area contributed by atoms with E-state index in [1.54, 1.807) is 7.11 Å². The Hall–Kier alpha value is -1.55. The average molecular weight is 237 g/mol. The van der Waals surface area contributed by atoms with Crippen molar-refractivity contribution in [2.75, 3.05) is 20.7 Å². The maximum absolute atomic E-state index is 10.5. The molecular formula is C13H19NO3. The molecule has 0 amide bonds. The second-order valence-electron chi connectivity index (χ2n) is 4.08. The van der Waals surface area contributed by atoms with Gasteiger partial charge in [-0.05, 0) is 31.7 Å². The molecule has 1 N–H and O–H groups in total. The third-order valence-electron chi connectivity index (χ3n) is 2.92. The van der Waals surface area contributed by atoms with Crippen LogP contribution in [0.3, 0.4) is 0 Å². The minimum absolute atomic E-state index is 0.158. The summed E-state index contributed by atoms with van der Waals surface area (Å²) in [6, 6.07) is 8.00. The van der Waals surface area contributed by atoms with Crippen LogP contribution in [-0.4, -0.2) is 36.7 Å². The molecule has 0 radical (unpaired) electrons. The summed E-state index contributed by atoms with van der Waals surface area (Å²) in [4.78, 5) is 12.5. The number of carboxylic acids is 1. The molecule has 0 fully saturated rings. The Morgan fingerprint density at radius 3 is 2.82 bits per heavy atom. The third kappa shape index (κ3) is 4.07. The van der Waals surface area contributed by atoms with Crippen LogP contribution in [0.5, 0.6) is 5.75 Å². The van der Waals surface area contributed by atoms with Crippen molar-refractivity contribution in [2.24, 2.45) is 0 Å². The molecule has 4 heteroatoms. The van der Waals surface area contributed by atoms with Gasteiger partial charge in [0.15, 0.2) is 0 Å². The van der Waals surface area contributed by atoms with Gasteiger partial charge in [-0.25, -0.2) is 0 Å². The summed E-state index contributed by atoms with van der Waals surface area (Å²) in [5.74, 6) is 0.0516. The standard InChI is InChI=1S/C13H19NO3/c1-10(14(2)8-7-13(15)16)11-5-4-6-12(9-11)17-3/h4-6,9-10H,7-8H2,1-3H3,(H,15,16). The highest BCUT2D eigenvalue weighted by Crippen LogP contribution is 2.22. The van der Waals surface area contributed by atoms with Crippen LogP contribution in [0.1, 0.15) is 24.9 Å². The highest BCUT2D eigenvalue weighted by atomic mass is 16.5. The molecule has 1 aromatic carbocycles. The second kappa shape index (κ2) is 6.25. The van der Waals surface area contributed by atoms with Gasteiger partial charge in [0.1, 0.15) is 5.75 Å². The number of aliphatic carboxylic acids is 1. The van der Waals surface area contributed by atoms with E-state index in [4.69, 9.17) is 9.84 Å². The van der Waals surface area contributed by atoms with Gasteiger partial charge in [-0.15, -0.1) is 0 Å². The van der Waals surface area contributed by atoms with Crippen molar-refractivity contribution in [1.82, 2.24) is 4.90 Å². The van der Waals surface area contributed by atoms with E-state index >= 15 is 0 Å². The van der Waals surface area contributed by atoms with Crippen molar-refractivity contribution < 1.29 is 14.6 Å². The van der Waals surface area contributed by atoms with E-state index in [1.165, 1.54) is 0 Å². The summed E-state index contributed by atoms with van der Waals surface area (Å²) in [5.41, 5.74) is 1.12.